The highest BCUT2D eigenvalue weighted by atomic mass is 19.1. The molecule has 2 aromatic carbocycles. The van der Waals surface area contributed by atoms with Crippen LogP contribution in [0.5, 0.6) is 0 Å². The third kappa shape index (κ3) is 3.59. The zero-order chi connectivity index (χ0) is 20.5. The number of H-pyrrole nitrogens is 1. The summed E-state index contributed by atoms with van der Waals surface area (Å²) in [7, 11) is 0. The Morgan fingerprint density at radius 3 is 2.45 bits per heavy atom. The van der Waals surface area contributed by atoms with Gasteiger partial charge in [-0.3, -0.25) is 9.78 Å². The number of hydrogen-bond donors (Lipinski definition) is 2. The highest BCUT2D eigenvalue weighted by Crippen LogP contribution is 2.12. The first-order valence-electron chi connectivity index (χ1n) is 8.38. The van der Waals surface area contributed by atoms with Crippen LogP contribution >= 0.6 is 0 Å². The van der Waals surface area contributed by atoms with Gasteiger partial charge < -0.3 is 5.32 Å². The molecular formula is C19H12F3N5O2. The van der Waals surface area contributed by atoms with Crippen molar-refractivity contribution in [1.82, 2.24) is 19.5 Å². The lowest BCUT2D eigenvalue weighted by Gasteiger charge is -2.08. The van der Waals surface area contributed by atoms with Crippen LogP contribution in [0.15, 0.2) is 58.3 Å². The molecule has 0 radical (unpaired) electrons. The molecule has 0 unspecified atom stereocenters. The first kappa shape index (κ1) is 18.4. The fourth-order valence-electron chi connectivity index (χ4n) is 2.75. The van der Waals surface area contributed by atoms with Crippen LogP contribution in [0, 0.1) is 17.5 Å². The summed E-state index contributed by atoms with van der Waals surface area (Å²) in [6.07, 6.45) is 1.21. The maximum Gasteiger partial charge on any atom is 0.334 e. The molecule has 0 fully saturated rings. The number of aromatic amines is 1. The van der Waals surface area contributed by atoms with Crippen molar-refractivity contribution in [3.05, 3.63) is 92.5 Å². The zero-order valence-corrected chi connectivity index (χ0v) is 14.6. The summed E-state index contributed by atoms with van der Waals surface area (Å²) in [6.45, 7) is -0.0332. The van der Waals surface area contributed by atoms with E-state index in [1.165, 1.54) is 24.4 Å². The van der Waals surface area contributed by atoms with Gasteiger partial charge in [0.2, 0.25) is 5.95 Å². The second-order valence-electron chi connectivity index (χ2n) is 6.09. The minimum absolute atomic E-state index is 0.0181. The van der Waals surface area contributed by atoms with Crippen molar-refractivity contribution in [1.29, 1.82) is 0 Å². The van der Waals surface area contributed by atoms with Gasteiger partial charge in [0.25, 0.3) is 5.56 Å². The predicted octanol–water partition coefficient (Wildman–Crippen LogP) is 2.50. The Balaban J connectivity index is 1.68. The second kappa shape index (κ2) is 7.23. The van der Waals surface area contributed by atoms with Gasteiger partial charge in [0.1, 0.15) is 22.8 Å². The van der Waals surface area contributed by atoms with Gasteiger partial charge in [-0.1, -0.05) is 6.07 Å². The van der Waals surface area contributed by atoms with E-state index >= 15 is 0 Å². The number of aromatic nitrogens is 4. The van der Waals surface area contributed by atoms with Gasteiger partial charge >= 0.3 is 5.69 Å². The van der Waals surface area contributed by atoms with Crippen LogP contribution in [0.1, 0.15) is 5.56 Å². The third-order valence-corrected chi connectivity index (χ3v) is 4.19. The summed E-state index contributed by atoms with van der Waals surface area (Å²) >= 11 is 0. The molecule has 0 atom stereocenters. The van der Waals surface area contributed by atoms with Crippen molar-refractivity contribution in [2.24, 2.45) is 0 Å². The van der Waals surface area contributed by atoms with E-state index in [0.29, 0.717) is 0 Å². The molecule has 0 aliphatic heterocycles. The number of anilines is 1. The summed E-state index contributed by atoms with van der Waals surface area (Å²) < 4.78 is 40.6. The van der Waals surface area contributed by atoms with Gasteiger partial charge in [0.05, 0.1) is 5.69 Å². The molecule has 10 heteroatoms. The van der Waals surface area contributed by atoms with Crippen LogP contribution in [0.25, 0.3) is 16.7 Å². The Bertz CT molecular complexity index is 1330. The van der Waals surface area contributed by atoms with Crippen LogP contribution in [-0.2, 0) is 6.54 Å². The second-order valence-corrected chi connectivity index (χ2v) is 6.09. The highest BCUT2D eigenvalue weighted by molar-refractivity contribution is 5.73. The maximum absolute atomic E-state index is 13.7. The van der Waals surface area contributed by atoms with E-state index in [2.05, 4.69) is 20.3 Å². The summed E-state index contributed by atoms with van der Waals surface area (Å²) in [5.41, 5.74) is -1.07. The molecule has 0 saturated heterocycles. The summed E-state index contributed by atoms with van der Waals surface area (Å²) in [6, 6.07) is 8.01. The molecule has 4 rings (SSSR count). The Hall–Kier alpha value is -3.95. The van der Waals surface area contributed by atoms with Crippen molar-refractivity contribution in [2.75, 3.05) is 5.32 Å². The first-order chi connectivity index (χ1) is 13.9. The Morgan fingerprint density at radius 2 is 1.72 bits per heavy atom. The SMILES string of the molecule is O=c1[nH]c2nc(NCc3ccc(F)cc3F)ncc2c(=O)n1-c1ccc(F)cc1. The molecular weight excluding hydrogens is 387 g/mol. The van der Waals surface area contributed by atoms with Crippen LogP contribution in [0.2, 0.25) is 0 Å². The normalized spacial score (nSPS) is 11.0. The average molecular weight is 399 g/mol. The van der Waals surface area contributed by atoms with Crippen molar-refractivity contribution < 1.29 is 13.2 Å². The Labute approximate surface area is 160 Å². The van der Waals surface area contributed by atoms with Crippen LogP contribution in [-0.4, -0.2) is 19.5 Å². The van der Waals surface area contributed by atoms with Crippen molar-refractivity contribution in [2.45, 2.75) is 6.54 Å². The average Bonchev–Trinajstić information content (AvgIpc) is 2.68. The summed E-state index contributed by atoms with van der Waals surface area (Å²) in [5, 5.41) is 2.78. The number of fused-ring (bicyclic) bond motifs is 1. The predicted molar refractivity (Wildman–Crippen MR) is 99.4 cm³/mol. The molecule has 4 aromatic rings. The third-order valence-electron chi connectivity index (χ3n) is 4.19. The molecule has 146 valence electrons. The first-order valence-corrected chi connectivity index (χ1v) is 8.38. The van der Waals surface area contributed by atoms with E-state index in [0.717, 1.165) is 28.8 Å². The molecule has 0 spiro atoms. The summed E-state index contributed by atoms with van der Waals surface area (Å²) in [4.78, 5) is 35.5. The number of benzene rings is 2. The molecule has 2 N–H and O–H groups in total. The van der Waals surface area contributed by atoms with Gasteiger partial charge in [-0.2, -0.15) is 4.98 Å². The fourth-order valence-corrected chi connectivity index (χ4v) is 2.75. The lowest BCUT2D eigenvalue weighted by molar-refractivity contribution is 0.574. The number of rotatable bonds is 4. The van der Waals surface area contributed by atoms with Crippen molar-refractivity contribution in [3.63, 3.8) is 0 Å². The maximum atomic E-state index is 13.7. The van der Waals surface area contributed by atoms with Gasteiger partial charge in [0.15, 0.2) is 5.65 Å². The van der Waals surface area contributed by atoms with E-state index in [4.69, 9.17) is 0 Å². The van der Waals surface area contributed by atoms with Crippen LogP contribution < -0.4 is 16.6 Å². The van der Waals surface area contributed by atoms with Crippen LogP contribution in [0.3, 0.4) is 0 Å². The fraction of sp³-hybridized carbons (Fsp3) is 0.0526. The van der Waals surface area contributed by atoms with Crippen LogP contribution in [0.4, 0.5) is 19.1 Å². The molecule has 0 aliphatic carbocycles. The van der Waals surface area contributed by atoms with Gasteiger partial charge in [-0.25, -0.2) is 27.5 Å². The molecule has 2 aromatic heterocycles. The molecule has 7 nitrogen and oxygen atoms in total. The quantitative estimate of drug-likeness (QED) is 0.550. The number of hydrogen-bond acceptors (Lipinski definition) is 5. The Morgan fingerprint density at radius 1 is 1.00 bits per heavy atom. The molecule has 0 amide bonds. The number of nitrogens with zero attached hydrogens (tertiary/aromatic N) is 3. The van der Waals surface area contributed by atoms with E-state index in [1.807, 2.05) is 0 Å². The van der Waals surface area contributed by atoms with Crippen molar-refractivity contribution in [3.8, 4) is 5.69 Å². The lowest BCUT2D eigenvalue weighted by atomic mass is 10.2. The molecule has 29 heavy (non-hydrogen) atoms. The van der Waals surface area contributed by atoms with E-state index in [9.17, 15) is 22.8 Å². The van der Waals surface area contributed by atoms with E-state index in [-0.39, 0.29) is 34.8 Å². The van der Waals surface area contributed by atoms with Gasteiger partial charge in [-0.05, 0) is 30.3 Å². The topological polar surface area (TPSA) is 92.7 Å². The van der Waals surface area contributed by atoms with Gasteiger partial charge in [0, 0.05) is 24.4 Å². The number of halogens is 3. The molecule has 0 saturated carbocycles. The summed E-state index contributed by atoms with van der Waals surface area (Å²) in [5.74, 6) is -1.89. The largest absolute Gasteiger partial charge is 0.350 e. The standard InChI is InChI=1S/C19H12F3N5O2/c20-11-3-5-13(6-4-11)27-17(28)14-9-24-18(25-16(14)26-19(27)29)23-8-10-1-2-12(21)7-15(10)22/h1-7,9H,8H2,(H2,23,24,25,26,29). The van der Waals surface area contributed by atoms with Gasteiger partial charge in [-0.15, -0.1) is 0 Å². The lowest BCUT2D eigenvalue weighted by Crippen LogP contribution is -2.34. The smallest absolute Gasteiger partial charge is 0.334 e. The van der Waals surface area contributed by atoms with E-state index in [1.54, 1.807) is 0 Å². The monoisotopic (exact) mass is 399 g/mol. The minimum atomic E-state index is -0.761. The van der Waals surface area contributed by atoms with E-state index < -0.39 is 28.7 Å². The Kier molecular flexibility index (Phi) is 4.59. The molecule has 2 heterocycles. The zero-order valence-electron chi connectivity index (χ0n) is 14.6. The van der Waals surface area contributed by atoms with Crippen molar-refractivity contribution >= 4 is 17.0 Å². The highest BCUT2D eigenvalue weighted by Gasteiger charge is 2.12. The molecule has 0 bridgehead atoms. The number of nitrogens with one attached hydrogen (secondary N) is 2. The minimum Gasteiger partial charge on any atom is -0.350 e. The molecule has 0 aliphatic rings.